The minimum atomic E-state index is -1.57. The van der Waals surface area contributed by atoms with E-state index in [0.29, 0.717) is 0 Å². The molecule has 0 aliphatic rings. The molecule has 0 spiro atoms. The molecule has 3 nitrogen and oxygen atoms in total. The quantitative estimate of drug-likeness (QED) is 0.877. The molecule has 1 aromatic rings. The fourth-order valence-corrected chi connectivity index (χ4v) is 2.34. The Bertz CT molecular complexity index is 490. The third-order valence-electron chi connectivity index (χ3n) is 4.04. The van der Waals surface area contributed by atoms with E-state index in [1.165, 1.54) is 19.4 Å². The lowest BCUT2D eigenvalue weighted by molar-refractivity contribution is -0.154. The van der Waals surface area contributed by atoms with Crippen molar-refractivity contribution in [2.75, 3.05) is 0 Å². The monoisotopic (exact) mass is 292 g/mol. The molecule has 0 heterocycles. The molecule has 118 valence electrons. The zero-order chi connectivity index (χ0) is 16.5. The lowest BCUT2D eigenvalue weighted by atomic mass is 9.81. The molecule has 1 aromatic carbocycles. The highest BCUT2D eigenvalue weighted by Crippen LogP contribution is 2.26. The summed E-state index contributed by atoms with van der Waals surface area (Å²) in [5.74, 6) is -0.530. The van der Waals surface area contributed by atoms with Crippen molar-refractivity contribution in [1.82, 2.24) is 0 Å². The zero-order valence-electron chi connectivity index (χ0n) is 14.0. The highest BCUT2D eigenvalue weighted by Gasteiger charge is 2.41. The lowest BCUT2D eigenvalue weighted by Gasteiger charge is -2.30. The van der Waals surface area contributed by atoms with Gasteiger partial charge in [0.25, 0.3) is 0 Å². The second-order valence-corrected chi connectivity index (χ2v) is 7.35. The molecule has 0 aromatic heterocycles. The maximum absolute atomic E-state index is 12.2. The van der Waals surface area contributed by atoms with Crippen LogP contribution in [0.3, 0.4) is 0 Å². The molecule has 2 N–H and O–H groups in total. The number of benzene rings is 1. The third-order valence-corrected chi connectivity index (χ3v) is 4.04. The second-order valence-electron chi connectivity index (χ2n) is 7.35. The van der Waals surface area contributed by atoms with E-state index in [0.717, 1.165) is 5.56 Å². The average molecular weight is 292 g/mol. The molecule has 0 saturated heterocycles. The molecule has 3 heteroatoms. The molecule has 0 fully saturated rings. The summed E-state index contributed by atoms with van der Waals surface area (Å²) in [6.07, 6.45) is 0.483. The topological polar surface area (TPSA) is 57.5 Å². The molecule has 0 aliphatic carbocycles. The maximum atomic E-state index is 12.2. The zero-order valence-corrected chi connectivity index (χ0v) is 14.0. The fraction of sp³-hybridized carbons (Fsp3) is 0.611. The predicted octanol–water partition coefficient (Wildman–Crippen LogP) is 3.01. The highest BCUT2D eigenvalue weighted by atomic mass is 16.3. The first-order valence-corrected chi connectivity index (χ1v) is 7.49. The standard InChI is InChI=1S/C18H28O3/c1-7-17(5,20)15(19)18(6,21)12-13-8-10-14(11-9-13)16(2,3)4/h8-11,20-21H,7,12H2,1-6H3/t17-,18-/m0/s1. The van der Waals surface area contributed by atoms with E-state index in [1.807, 2.05) is 24.3 Å². The van der Waals surface area contributed by atoms with E-state index < -0.39 is 17.0 Å². The van der Waals surface area contributed by atoms with E-state index in [4.69, 9.17) is 0 Å². The van der Waals surface area contributed by atoms with Crippen LogP contribution in [-0.2, 0) is 16.6 Å². The van der Waals surface area contributed by atoms with E-state index in [9.17, 15) is 15.0 Å². The first-order chi connectivity index (χ1) is 9.40. The summed E-state index contributed by atoms with van der Waals surface area (Å²) >= 11 is 0. The van der Waals surface area contributed by atoms with Crippen LogP contribution in [-0.4, -0.2) is 27.2 Å². The Morgan fingerprint density at radius 3 is 1.81 bits per heavy atom. The van der Waals surface area contributed by atoms with Crippen LogP contribution in [0, 0.1) is 0 Å². The molecule has 0 amide bonds. The largest absolute Gasteiger partial charge is 0.382 e. The van der Waals surface area contributed by atoms with Gasteiger partial charge in [-0.15, -0.1) is 0 Å². The van der Waals surface area contributed by atoms with Crippen molar-refractivity contribution in [3.63, 3.8) is 0 Å². The molecular formula is C18H28O3. The summed E-state index contributed by atoms with van der Waals surface area (Å²) in [5, 5.41) is 20.5. The van der Waals surface area contributed by atoms with Crippen molar-refractivity contribution in [3.8, 4) is 0 Å². The van der Waals surface area contributed by atoms with Crippen molar-refractivity contribution < 1.29 is 15.0 Å². The van der Waals surface area contributed by atoms with Gasteiger partial charge in [0.05, 0.1) is 0 Å². The van der Waals surface area contributed by atoms with E-state index in [-0.39, 0.29) is 18.3 Å². The summed E-state index contributed by atoms with van der Waals surface area (Å²) in [6, 6.07) is 7.91. The van der Waals surface area contributed by atoms with E-state index in [1.54, 1.807) is 6.92 Å². The molecule has 0 unspecified atom stereocenters. The summed E-state index contributed by atoms with van der Waals surface area (Å²) in [4.78, 5) is 12.2. The number of carbonyl (C=O) groups is 1. The summed E-state index contributed by atoms with van der Waals surface area (Å²) in [5.41, 5.74) is -0.897. The Labute approximate surface area is 128 Å². The van der Waals surface area contributed by atoms with Gasteiger partial charge >= 0.3 is 0 Å². The van der Waals surface area contributed by atoms with Crippen LogP contribution in [0.5, 0.6) is 0 Å². The number of hydrogen-bond acceptors (Lipinski definition) is 3. The summed E-state index contributed by atoms with van der Waals surface area (Å²) in [7, 11) is 0. The Balaban J connectivity index is 2.92. The lowest BCUT2D eigenvalue weighted by Crippen LogP contribution is -2.50. The van der Waals surface area contributed by atoms with Gasteiger partial charge in [0.1, 0.15) is 11.2 Å². The van der Waals surface area contributed by atoms with Crippen LogP contribution in [0.15, 0.2) is 24.3 Å². The molecule has 0 bridgehead atoms. The van der Waals surface area contributed by atoms with Gasteiger partial charge in [0.2, 0.25) is 0 Å². The van der Waals surface area contributed by atoms with Gasteiger partial charge in [-0.25, -0.2) is 0 Å². The smallest absolute Gasteiger partial charge is 0.195 e. The minimum Gasteiger partial charge on any atom is -0.382 e. The Morgan fingerprint density at radius 1 is 0.952 bits per heavy atom. The number of Topliss-reactive ketones (excluding diaryl/α,β-unsaturated/α-hetero) is 1. The minimum absolute atomic E-state index is 0.0722. The number of rotatable bonds is 5. The van der Waals surface area contributed by atoms with Gasteiger partial charge in [-0.1, -0.05) is 52.0 Å². The predicted molar refractivity (Wildman–Crippen MR) is 85.4 cm³/mol. The van der Waals surface area contributed by atoms with Crippen LogP contribution in [0.2, 0.25) is 0 Å². The van der Waals surface area contributed by atoms with Crippen LogP contribution in [0.1, 0.15) is 59.1 Å². The SMILES string of the molecule is CC[C@](C)(O)C(=O)[C@@](C)(O)Cc1ccc(C(C)(C)C)cc1. The second kappa shape index (κ2) is 5.90. The number of carbonyl (C=O) groups excluding carboxylic acids is 1. The van der Waals surface area contributed by atoms with Crippen molar-refractivity contribution in [3.05, 3.63) is 35.4 Å². The van der Waals surface area contributed by atoms with Crippen LogP contribution < -0.4 is 0 Å². The van der Waals surface area contributed by atoms with Crippen molar-refractivity contribution in [2.24, 2.45) is 0 Å². The van der Waals surface area contributed by atoms with Crippen molar-refractivity contribution in [2.45, 2.75) is 71.0 Å². The van der Waals surface area contributed by atoms with Gasteiger partial charge in [-0.05, 0) is 36.8 Å². The van der Waals surface area contributed by atoms with Gasteiger partial charge in [0, 0.05) is 6.42 Å². The maximum Gasteiger partial charge on any atom is 0.195 e. The Hall–Kier alpha value is -1.19. The number of hydrogen-bond donors (Lipinski definition) is 2. The van der Waals surface area contributed by atoms with Crippen LogP contribution in [0.4, 0.5) is 0 Å². The van der Waals surface area contributed by atoms with Crippen LogP contribution >= 0.6 is 0 Å². The molecular weight excluding hydrogens is 264 g/mol. The molecule has 21 heavy (non-hydrogen) atoms. The van der Waals surface area contributed by atoms with Gasteiger partial charge in [0.15, 0.2) is 5.78 Å². The number of aliphatic hydroxyl groups is 2. The number of ketones is 1. The molecule has 2 atom stereocenters. The highest BCUT2D eigenvalue weighted by molar-refractivity contribution is 5.93. The third kappa shape index (κ3) is 4.39. The summed E-state index contributed by atoms with van der Waals surface area (Å²) < 4.78 is 0. The van der Waals surface area contributed by atoms with E-state index in [2.05, 4.69) is 20.8 Å². The van der Waals surface area contributed by atoms with Gasteiger partial charge in [-0.2, -0.15) is 0 Å². The van der Waals surface area contributed by atoms with E-state index >= 15 is 0 Å². The molecule has 0 radical (unpaired) electrons. The van der Waals surface area contributed by atoms with Crippen LogP contribution in [0.25, 0.3) is 0 Å². The first-order valence-electron chi connectivity index (χ1n) is 7.49. The Kier molecular flexibility index (Phi) is 5.01. The fourth-order valence-electron chi connectivity index (χ4n) is 2.34. The molecule has 0 saturated carbocycles. The first kappa shape index (κ1) is 17.9. The average Bonchev–Trinajstić information content (AvgIpc) is 2.37. The Morgan fingerprint density at radius 2 is 1.43 bits per heavy atom. The molecule has 1 rings (SSSR count). The summed E-state index contributed by atoms with van der Waals surface area (Å²) in [6.45, 7) is 11.1. The van der Waals surface area contributed by atoms with Crippen molar-refractivity contribution in [1.29, 1.82) is 0 Å². The van der Waals surface area contributed by atoms with Gasteiger partial charge < -0.3 is 10.2 Å². The van der Waals surface area contributed by atoms with Gasteiger partial charge in [-0.3, -0.25) is 4.79 Å². The normalized spacial score (nSPS) is 17.9. The van der Waals surface area contributed by atoms with Crippen molar-refractivity contribution >= 4 is 5.78 Å². The molecule has 0 aliphatic heterocycles.